The van der Waals surface area contributed by atoms with E-state index in [1.807, 2.05) is 6.07 Å². The number of carbonyl (C=O) groups excluding carboxylic acids is 1. The molecule has 2 aliphatic rings. The van der Waals surface area contributed by atoms with Crippen molar-refractivity contribution in [1.82, 2.24) is 14.8 Å². The average molecular weight is 271 g/mol. The van der Waals surface area contributed by atoms with Crippen molar-refractivity contribution < 1.29 is 9.18 Å². The van der Waals surface area contributed by atoms with E-state index in [1.165, 1.54) is 6.07 Å². The minimum Gasteiger partial charge on any atom is -0.290 e. The SMILES string of the molecule is O=C(c1nc2n(n1)C(c1ccccc1F)CC2)C1CC1. The number of nitrogens with zero attached hydrogens (tertiary/aromatic N) is 3. The highest BCUT2D eigenvalue weighted by molar-refractivity contribution is 5.95. The van der Waals surface area contributed by atoms with E-state index in [4.69, 9.17) is 0 Å². The zero-order chi connectivity index (χ0) is 13.7. The number of carbonyl (C=O) groups is 1. The lowest BCUT2D eigenvalue weighted by molar-refractivity contribution is 0.0957. The standard InChI is InChI=1S/C15H14FN3O/c16-11-4-2-1-3-10(11)12-7-8-13-17-15(18-19(12)13)14(20)9-5-6-9/h1-4,9,12H,5-8H2. The molecule has 5 heteroatoms. The quantitative estimate of drug-likeness (QED) is 0.806. The largest absolute Gasteiger partial charge is 0.290 e. The highest BCUT2D eigenvalue weighted by Gasteiger charge is 2.36. The van der Waals surface area contributed by atoms with Gasteiger partial charge in [0.1, 0.15) is 11.6 Å². The van der Waals surface area contributed by atoms with Gasteiger partial charge in [0.15, 0.2) is 0 Å². The summed E-state index contributed by atoms with van der Waals surface area (Å²) in [5.74, 6) is 1.03. The van der Waals surface area contributed by atoms with E-state index in [-0.39, 0.29) is 23.6 Å². The molecule has 0 amide bonds. The van der Waals surface area contributed by atoms with Crippen LogP contribution >= 0.6 is 0 Å². The summed E-state index contributed by atoms with van der Waals surface area (Å²) < 4.78 is 15.6. The van der Waals surface area contributed by atoms with Gasteiger partial charge in [-0.25, -0.2) is 14.1 Å². The van der Waals surface area contributed by atoms with Crippen LogP contribution < -0.4 is 0 Å². The molecule has 4 rings (SSSR count). The van der Waals surface area contributed by atoms with Gasteiger partial charge >= 0.3 is 0 Å². The summed E-state index contributed by atoms with van der Waals surface area (Å²) >= 11 is 0. The molecular weight excluding hydrogens is 257 g/mol. The van der Waals surface area contributed by atoms with Crippen LogP contribution in [0.2, 0.25) is 0 Å². The molecule has 0 N–H and O–H groups in total. The predicted molar refractivity (Wildman–Crippen MR) is 69.9 cm³/mol. The van der Waals surface area contributed by atoms with Crippen molar-refractivity contribution in [2.45, 2.75) is 31.7 Å². The number of fused-ring (bicyclic) bond motifs is 1. The van der Waals surface area contributed by atoms with Crippen molar-refractivity contribution in [3.05, 3.63) is 47.3 Å². The molecule has 1 unspecified atom stereocenters. The van der Waals surface area contributed by atoms with Gasteiger partial charge in [-0.05, 0) is 25.3 Å². The van der Waals surface area contributed by atoms with Gasteiger partial charge in [0.2, 0.25) is 11.6 Å². The number of ketones is 1. The third kappa shape index (κ3) is 1.77. The summed E-state index contributed by atoms with van der Waals surface area (Å²) in [4.78, 5) is 16.3. The second kappa shape index (κ2) is 4.23. The normalized spacial score (nSPS) is 20.9. The molecule has 0 saturated heterocycles. The molecule has 1 atom stereocenters. The smallest absolute Gasteiger partial charge is 0.217 e. The average Bonchev–Trinajstić information content (AvgIpc) is 3.09. The highest BCUT2D eigenvalue weighted by Crippen LogP contribution is 2.34. The number of aromatic nitrogens is 3. The fraction of sp³-hybridized carbons (Fsp3) is 0.400. The Morgan fingerprint density at radius 1 is 1.25 bits per heavy atom. The van der Waals surface area contributed by atoms with Gasteiger partial charge in [0.25, 0.3) is 0 Å². The number of halogens is 1. The monoisotopic (exact) mass is 271 g/mol. The number of hydrogen-bond acceptors (Lipinski definition) is 3. The van der Waals surface area contributed by atoms with Gasteiger partial charge in [0, 0.05) is 17.9 Å². The molecule has 1 aliphatic heterocycles. The van der Waals surface area contributed by atoms with Crippen molar-refractivity contribution >= 4 is 5.78 Å². The van der Waals surface area contributed by atoms with Crippen LogP contribution in [0.3, 0.4) is 0 Å². The molecule has 20 heavy (non-hydrogen) atoms. The molecule has 0 spiro atoms. The molecule has 4 nitrogen and oxygen atoms in total. The summed E-state index contributed by atoms with van der Waals surface area (Å²) in [6.45, 7) is 0. The zero-order valence-electron chi connectivity index (χ0n) is 10.9. The second-order valence-electron chi connectivity index (χ2n) is 5.51. The Labute approximate surface area is 115 Å². The van der Waals surface area contributed by atoms with E-state index in [1.54, 1.807) is 16.8 Å². The molecule has 1 saturated carbocycles. The lowest BCUT2D eigenvalue weighted by Gasteiger charge is -2.12. The molecule has 1 aromatic carbocycles. The Morgan fingerprint density at radius 3 is 2.80 bits per heavy atom. The molecule has 2 aromatic rings. The summed E-state index contributed by atoms with van der Waals surface area (Å²) in [5, 5.41) is 4.34. The number of aryl methyl sites for hydroxylation is 1. The lowest BCUT2D eigenvalue weighted by atomic mass is 10.0. The van der Waals surface area contributed by atoms with Gasteiger partial charge in [-0.2, -0.15) is 0 Å². The minimum absolute atomic E-state index is 0.0409. The fourth-order valence-corrected chi connectivity index (χ4v) is 2.83. The van der Waals surface area contributed by atoms with Gasteiger partial charge in [-0.1, -0.05) is 18.2 Å². The Hall–Kier alpha value is -2.04. The van der Waals surface area contributed by atoms with Gasteiger partial charge in [-0.15, -0.1) is 5.10 Å². The summed E-state index contributed by atoms with van der Waals surface area (Å²) in [7, 11) is 0. The van der Waals surface area contributed by atoms with Gasteiger partial charge in [-0.3, -0.25) is 4.79 Å². The number of hydrogen-bond donors (Lipinski definition) is 0. The highest BCUT2D eigenvalue weighted by atomic mass is 19.1. The van der Waals surface area contributed by atoms with E-state index < -0.39 is 0 Å². The number of Topliss-reactive ketones (excluding diaryl/α,β-unsaturated/α-hetero) is 1. The van der Waals surface area contributed by atoms with Crippen LogP contribution in [0.15, 0.2) is 24.3 Å². The van der Waals surface area contributed by atoms with Crippen molar-refractivity contribution in [2.75, 3.05) is 0 Å². The van der Waals surface area contributed by atoms with E-state index in [9.17, 15) is 9.18 Å². The van der Waals surface area contributed by atoms with Crippen LogP contribution in [0.4, 0.5) is 4.39 Å². The third-order valence-electron chi connectivity index (χ3n) is 4.07. The Morgan fingerprint density at radius 2 is 2.05 bits per heavy atom. The van der Waals surface area contributed by atoms with Gasteiger partial charge < -0.3 is 0 Å². The van der Waals surface area contributed by atoms with Gasteiger partial charge in [0.05, 0.1) is 6.04 Å². The topological polar surface area (TPSA) is 47.8 Å². The van der Waals surface area contributed by atoms with Crippen LogP contribution in [0.5, 0.6) is 0 Å². The van der Waals surface area contributed by atoms with Crippen LogP contribution in [-0.4, -0.2) is 20.5 Å². The van der Waals surface area contributed by atoms with Crippen molar-refractivity contribution in [1.29, 1.82) is 0 Å². The summed E-state index contributed by atoms with van der Waals surface area (Å²) in [5.41, 5.74) is 0.626. The molecule has 0 bridgehead atoms. The van der Waals surface area contributed by atoms with Crippen molar-refractivity contribution in [3.8, 4) is 0 Å². The van der Waals surface area contributed by atoms with Crippen LogP contribution in [-0.2, 0) is 6.42 Å². The van der Waals surface area contributed by atoms with E-state index in [2.05, 4.69) is 10.1 Å². The first-order valence-electron chi connectivity index (χ1n) is 6.98. The van der Waals surface area contributed by atoms with E-state index >= 15 is 0 Å². The molecular formula is C15H14FN3O. The van der Waals surface area contributed by atoms with E-state index in [0.29, 0.717) is 11.4 Å². The van der Waals surface area contributed by atoms with Crippen LogP contribution in [0.25, 0.3) is 0 Å². The maximum atomic E-state index is 13.9. The van der Waals surface area contributed by atoms with Crippen LogP contribution in [0, 0.1) is 11.7 Å². The molecule has 102 valence electrons. The fourth-order valence-electron chi connectivity index (χ4n) is 2.83. The molecule has 0 radical (unpaired) electrons. The Bertz CT molecular complexity index is 690. The predicted octanol–water partition coefficient (Wildman–Crippen LogP) is 2.55. The molecule has 2 heterocycles. The second-order valence-corrected chi connectivity index (χ2v) is 5.51. The summed E-state index contributed by atoms with van der Waals surface area (Å²) in [6.07, 6.45) is 3.41. The Balaban J connectivity index is 1.71. The first kappa shape index (κ1) is 11.8. The van der Waals surface area contributed by atoms with Crippen molar-refractivity contribution in [2.24, 2.45) is 5.92 Å². The van der Waals surface area contributed by atoms with Crippen molar-refractivity contribution in [3.63, 3.8) is 0 Å². The number of rotatable bonds is 3. The van der Waals surface area contributed by atoms with Crippen LogP contribution in [0.1, 0.15) is 47.3 Å². The third-order valence-corrected chi connectivity index (χ3v) is 4.07. The minimum atomic E-state index is -0.226. The first-order chi connectivity index (χ1) is 9.74. The van der Waals surface area contributed by atoms with E-state index in [0.717, 1.165) is 31.5 Å². The first-order valence-corrected chi connectivity index (χ1v) is 6.98. The molecule has 1 fully saturated rings. The maximum absolute atomic E-state index is 13.9. The summed E-state index contributed by atoms with van der Waals surface area (Å²) in [6, 6.07) is 6.60. The lowest BCUT2D eigenvalue weighted by Crippen LogP contribution is -2.11. The zero-order valence-corrected chi connectivity index (χ0v) is 10.9. The molecule has 1 aromatic heterocycles. The molecule has 1 aliphatic carbocycles. The Kier molecular flexibility index (Phi) is 2.49. The maximum Gasteiger partial charge on any atom is 0.217 e. The number of benzene rings is 1.